The van der Waals surface area contributed by atoms with E-state index < -0.39 is 10.0 Å². The molecule has 2 aromatic carbocycles. The molecule has 0 atom stereocenters. The number of hydrogen-bond donors (Lipinski definition) is 1. The first kappa shape index (κ1) is 20.4. The topological polar surface area (TPSA) is 85.6 Å². The number of nitrogens with one attached hydrogen (secondary N) is 1. The zero-order chi connectivity index (χ0) is 21.5. The number of anilines is 1. The quantitative estimate of drug-likeness (QED) is 0.445. The van der Waals surface area contributed by atoms with E-state index in [1.807, 2.05) is 26.0 Å². The van der Waals surface area contributed by atoms with Crippen LogP contribution in [0.15, 0.2) is 64.1 Å². The minimum Gasteiger partial charge on any atom is -0.495 e. The third-order valence-electron chi connectivity index (χ3n) is 4.66. The van der Waals surface area contributed by atoms with Gasteiger partial charge in [0.15, 0.2) is 5.65 Å². The lowest BCUT2D eigenvalue weighted by molar-refractivity contribution is 0.403. The Hall–Kier alpha value is -2.91. The fraction of sp³-hybridized carbons (Fsp3) is 0.143. The smallest absolute Gasteiger partial charge is 0.265 e. The van der Waals surface area contributed by atoms with Gasteiger partial charge in [-0.15, -0.1) is 0 Å². The van der Waals surface area contributed by atoms with E-state index in [2.05, 4.69) is 30.7 Å². The Morgan fingerprint density at radius 3 is 2.60 bits per heavy atom. The minimum absolute atomic E-state index is 0.0296. The number of nitrogens with zero attached hydrogens (tertiary/aromatic N) is 3. The predicted octanol–water partition coefficient (Wildman–Crippen LogP) is 4.59. The molecular formula is C21H19BrN4O3S. The highest BCUT2D eigenvalue weighted by molar-refractivity contribution is 9.10. The summed E-state index contributed by atoms with van der Waals surface area (Å²) in [7, 11) is -2.47. The zero-order valence-corrected chi connectivity index (χ0v) is 19.0. The zero-order valence-electron chi connectivity index (χ0n) is 16.5. The van der Waals surface area contributed by atoms with Crippen LogP contribution in [0.4, 0.5) is 5.69 Å². The molecule has 2 heterocycles. The first-order chi connectivity index (χ1) is 14.3. The van der Waals surface area contributed by atoms with Crippen molar-refractivity contribution in [1.29, 1.82) is 0 Å². The second-order valence-electron chi connectivity index (χ2n) is 6.78. The predicted molar refractivity (Wildman–Crippen MR) is 119 cm³/mol. The van der Waals surface area contributed by atoms with Crippen molar-refractivity contribution >= 4 is 37.3 Å². The molecule has 0 unspecified atom stereocenters. The molecule has 0 radical (unpaired) electrons. The highest BCUT2D eigenvalue weighted by atomic mass is 79.9. The SMILES string of the molecule is COc1ccc(-c2cnn3c(C)cc(C)nc23)cc1S(=O)(=O)Nc1ccccc1Br. The largest absolute Gasteiger partial charge is 0.495 e. The molecule has 0 amide bonds. The van der Waals surface area contributed by atoms with Gasteiger partial charge in [0.05, 0.1) is 19.0 Å². The van der Waals surface area contributed by atoms with Crippen molar-refractivity contribution in [3.8, 4) is 16.9 Å². The van der Waals surface area contributed by atoms with Gasteiger partial charge in [0.2, 0.25) is 0 Å². The van der Waals surface area contributed by atoms with E-state index in [4.69, 9.17) is 4.74 Å². The van der Waals surface area contributed by atoms with Crippen molar-refractivity contribution in [2.75, 3.05) is 11.8 Å². The van der Waals surface area contributed by atoms with Gasteiger partial charge >= 0.3 is 0 Å². The third-order valence-corrected chi connectivity index (χ3v) is 6.74. The number of hydrogen-bond acceptors (Lipinski definition) is 5. The van der Waals surface area contributed by atoms with Gasteiger partial charge in [0, 0.05) is 21.4 Å². The molecule has 2 aromatic heterocycles. The standard InChI is InChI=1S/C21H19BrN4O3S/c1-13-10-14(2)26-21(24-13)16(12-23-26)15-8-9-19(29-3)20(11-15)30(27,28)25-18-7-5-4-6-17(18)22/h4-12,25H,1-3H3. The Morgan fingerprint density at radius 2 is 1.87 bits per heavy atom. The molecule has 4 rings (SSSR count). The van der Waals surface area contributed by atoms with Gasteiger partial charge in [-0.1, -0.05) is 18.2 Å². The molecule has 4 aromatic rings. The second-order valence-corrected chi connectivity index (χ2v) is 9.29. The number of fused-ring (bicyclic) bond motifs is 1. The fourth-order valence-electron chi connectivity index (χ4n) is 3.27. The normalized spacial score (nSPS) is 11.6. The summed E-state index contributed by atoms with van der Waals surface area (Å²) >= 11 is 3.37. The van der Waals surface area contributed by atoms with Crippen molar-refractivity contribution in [3.05, 3.63) is 70.6 Å². The van der Waals surface area contributed by atoms with Crippen LogP contribution in [0.2, 0.25) is 0 Å². The molecule has 0 saturated carbocycles. The average Bonchev–Trinajstić information content (AvgIpc) is 3.13. The number of ether oxygens (including phenoxy) is 1. The lowest BCUT2D eigenvalue weighted by Gasteiger charge is -2.14. The first-order valence-corrected chi connectivity index (χ1v) is 11.4. The van der Waals surface area contributed by atoms with E-state index in [1.54, 1.807) is 47.1 Å². The van der Waals surface area contributed by atoms with Crippen molar-refractivity contribution < 1.29 is 13.2 Å². The summed E-state index contributed by atoms with van der Waals surface area (Å²) in [6.07, 6.45) is 1.69. The monoisotopic (exact) mass is 486 g/mol. The Bertz CT molecular complexity index is 1370. The molecular weight excluding hydrogens is 468 g/mol. The molecule has 0 spiro atoms. The van der Waals surface area contributed by atoms with Crippen LogP contribution in [-0.4, -0.2) is 30.1 Å². The maximum atomic E-state index is 13.2. The van der Waals surface area contributed by atoms with E-state index >= 15 is 0 Å². The molecule has 0 aliphatic carbocycles. The summed E-state index contributed by atoms with van der Waals surface area (Å²) in [5.74, 6) is 0.245. The lowest BCUT2D eigenvalue weighted by atomic mass is 10.1. The Morgan fingerprint density at radius 1 is 1.10 bits per heavy atom. The molecule has 0 fully saturated rings. The van der Waals surface area contributed by atoms with Gasteiger partial charge in [-0.25, -0.2) is 17.9 Å². The summed E-state index contributed by atoms with van der Waals surface area (Å²) in [6, 6.07) is 14.0. The number of methoxy groups -OCH3 is 1. The number of benzene rings is 2. The van der Waals surface area contributed by atoms with Crippen molar-refractivity contribution in [2.24, 2.45) is 0 Å². The fourth-order valence-corrected chi connectivity index (χ4v) is 5.06. The minimum atomic E-state index is -3.91. The number of rotatable bonds is 5. The van der Waals surface area contributed by atoms with Gasteiger partial charge in [0.25, 0.3) is 10.0 Å². The summed E-state index contributed by atoms with van der Waals surface area (Å²) in [5, 5.41) is 4.40. The van der Waals surface area contributed by atoms with E-state index in [1.165, 1.54) is 7.11 Å². The maximum Gasteiger partial charge on any atom is 0.265 e. The molecule has 0 aliphatic heterocycles. The van der Waals surface area contributed by atoms with Gasteiger partial charge in [-0.2, -0.15) is 5.10 Å². The van der Waals surface area contributed by atoms with E-state index in [0.717, 1.165) is 17.0 Å². The Labute approximate surface area is 182 Å². The van der Waals surface area contributed by atoms with Crippen LogP contribution in [0.25, 0.3) is 16.8 Å². The first-order valence-electron chi connectivity index (χ1n) is 9.08. The number of sulfonamides is 1. The average molecular weight is 487 g/mol. The van der Waals surface area contributed by atoms with E-state index in [0.29, 0.717) is 21.4 Å². The van der Waals surface area contributed by atoms with Gasteiger partial charge in [-0.3, -0.25) is 4.72 Å². The highest BCUT2D eigenvalue weighted by Crippen LogP contribution is 2.33. The van der Waals surface area contributed by atoms with Crippen LogP contribution in [-0.2, 0) is 10.0 Å². The number of para-hydroxylation sites is 1. The molecule has 7 nitrogen and oxygen atoms in total. The van der Waals surface area contributed by atoms with Crippen LogP contribution in [0.3, 0.4) is 0 Å². The van der Waals surface area contributed by atoms with Crippen LogP contribution >= 0.6 is 15.9 Å². The third kappa shape index (κ3) is 3.66. The van der Waals surface area contributed by atoms with Gasteiger partial charge in [0.1, 0.15) is 10.6 Å². The van der Waals surface area contributed by atoms with Gasteiger partial charge < -0.3 is 4.74 Å². The molecule has 30 heavy (non-hydrogen) atoms. The molecule has 1 N–H and O–H groups in total. The molecule has 0 aliphatic rings. The molecule has 0 saturated heterocycles. The van der Waals surface area contributed by atoms with E-state index in [-0.39, 0.29) is 10.6 Å². The van der Waals surface area contributed by atoms with Crippen molar-refractivity contribution in [3.63, 3.8) is 0 Å². The second kappa shape index (κ2) is 7.73. The van der Waals surface area contributed by atoms with Crippen molar-refractivity contribution in [1.82, 2.24) is 14.6 Å². The summed E-state index contributed by atoms with van der Waals surface area (Å²) in [4.78, 5) is 4.61. The highest BCUT2D eigenvalue weighted by Gasteiger charge is 2.22. The molecule has 0 bridgehead atoms. The van der Waals surface area contributed by atoms with Crippen LogP contribution in [0, 0.1) is 13.8 Å². The summed E-state index contributed by atoms with van der Waals surface area (Å²) < 4.78 is 36.7. The van der Waals surface area contributed by atoms with Crippen molar-refractivity contribution in [2.45, 2.75) is 18.7 Å². The number of aromatic nitrogens is 3. The summed E-state index contributed by atoms with van der Waals surface area (Å²) in [6.45, 7) is 3.86. The Kier molecular flexibility index (Phi) is 5.25. The summed E-state index contributed by atoms with van der Waals surface area (Å²) in [5.41, 5.74) is 4.32. The van der Waals surface area contributed by atoms with Crippen LogP contribution in [0.5, 0.6) is 5.75 Å². The van der Waals surface area contributed by atoms with Gasteiger partial charge in [-0.05, 0) is 65.7 Å². The Balaban J connectivity index is 1.85. The van der Waals surface area contributed by atoms with E-state index in [9.17, 15) is 8.42 Å². The molecule has 9 heteroatoms. The lowest BCUT2D eigenvalue weighted by Crippen LogP contribution is -2.14. The molecule has 154 valence electrons. The van der Waals surface area contributed by atoms with Crippen LogP contribution in [0.1, 0.15) is 11.4 Å². The maximum absolute atomic E-state index is 13.2. The number of halogens is 1. The number of aryl methyl sites for hydroxylation is 2. The van der Waals surface area contributed by atoms with Crippen LogP contribution < -0.4 is 9.46 Å².